The van der Waals surface area contributed by atoms with Gasteiger partial charge in [0.25, 0.3) is 5.56 Å². The van der Waals surface area contributed by atoms with Crippen LogP contribution in [0.2, 0.25) is 0 Å². The van der Waals surface area contributed by atoms with Gasteiger partial charge in [-0.15, -0.1) is 0 Å². The highest BCUT2D eigenvalue weighted by Crippen LogP contribution is 2.15. The predicted molar refractivity (Wildman–Crippen MR) is 129 cm³/mol. The van der Waals surface area contributed by atoms with E-state index in [0.29, 0.717) is 24.2 Å². The molecule has 1 aromatic heterocycles. The smallest absolute Gasteiger partial charge is 0.330 e. The lowest BCUT2D eigenvalue weighted by Crippen LogP contribution is -2.38. The fourth-order valence-corrected chi connectivity index (χ4v) is 3.68. The molecule has 0 bridgehead atoms. The van der Waals surface area contributed by atoms with E-state index in [1.165, 1.54) is 17.7 Å². The molecule has 0 saturated heterocycles. The number of benzene rings is 2. The van der Waals surface area contributed by atoms with E-state index in [4.69, 9.17) is 4.74 Å². The SMILES string of the molecule is CCN(CCCc1cc(=O)n(C)c(=O)n1C)CCOc1ccc(C(=O)c2ccccc2)cc1. The van der Waals surface area contributed by atoms with E-state index in [9.17, 15) is 14.4 Å². The van der Waals surface area contributed by atoms with Crippen molar-refractivity contribution in [2.45, 2.75) is 19.8 Å². The van der Waals surface area contributed by atoms with Gasteiger partial charge in [0.05, 0.1) is 0 Å². The molecule has 3 aromatic rings. The van der Waals surface area contributed by atoms with Crippen LogP contribution in [0.15, 0.2) is 70.3 Å². The molecule has 2 aromatic carbocycles. The lowest BCUT2D eigenvalue weighted by molar-refractivity contribution is 0.103. The van der Waals surface area contributed by atoms with E-state index < -0.39 is 0 Å². The first kappa shape index (κ1) is 24.2. The summed E-state index contributed by atoms with van der Waals surface area (Å²) in [5.41, 5.74) is 1.48. The maximum Gasteiger partial charge on any atom is 0.330 e. The van der Waals surface area contributed by atoms with Crippen molar-refractivity contribution in [1.29, 1.82) is 0 Å². The van der Waals surface area contributed by atoms with Crippen LogP contribution in [0, 0.1) is 0 Å². The molecule has 0 atom stereocenters. The van der Waals surface area contributed by atoms with Gasteiger partial charge in [0.1, 0.15) is 12.4 Å². The van der Waals surface area contributed by atoms with Gasteiger partial charge in [0.2, 0.25) is 0 Å². The van der Waals surface area contributed by atoms with Crippen molar-refractivity contribution < 1.29 is 9.53 Å². The van der Waals surface area contributed by atoms with Crippen molar-refractivity contribution in [3.05, 3.63) is 98.3 Å². The zero-order valence-electron chi connectivity index (χ0n) is 19.5. The van der Waals surface area contributed by atoms with E-state index in [0.717, 1.165) is 42.1 Å². The Balaban J connectivity index is 1.46. The third-order valence-corrected chi connectivity index (χ3v) is 5.81. The van der Waals surface area contributed by atoms with Crippen LogP contribution in [0.1, 0.15) is 35.0 Å². The number of ketones is 1. The Morgan fingerprint density at radius 3 is 2.24 bits per heavy atom. The minimum absolute atomic E-state index is 0.00641. The van der Waals surface area contributed by atoms with Crippen LogP contribution >= 0.6 is 0 Å². The van der Waals surface area contributed by atoms with Crippen LogP contribution < -0.4 is 16.0 Å². The minimum atomic E-state index is -0.297. The summed E-state index contributed by atoms with van der Waals surface area (Å²) in [6.45, 7) is 5.11. The third-order valence-electron chi connectivity index (χ3n) is 5.81. The largest absolute Gasteiger partial charge is 0.492 e. The van der Waals surface area contributed by atoms with Gasteiger partial charge in [-0.05, 0) is 50.2 Å². The first-order chi connectivity index (χ1) is 15.9. The second-order valence-electron chi connectivity index (χ2n) is 7.98. The molecule has 0 saturated carbocycles. The van der Waals surface area contributed by atoms with E-state index in [-0.39, 0.29) is 17.0 Å². The summed E-state index contributed by atoms with van der Waals surface area (Å²) in [6.07, 6.45) is 1.50. The first-order valence-corrected chi connectivity index (χ1v) is 11.2. The number of hydrogen-bond acceptors (Lipinski definition) is 5. The summed E-state index contributed by atoms with van der Waals surface area (Å²) < 4.78 is 8.51. The van der Waals surface area contributed by atoms with Crippen LogP contribution in [0.4, 0.5) is 0 Å². The lowest BCUT2D eigenvalue weighted by Gasteiger charge is -2.20. The lowest BCUT2D eigenvalue weighted by atomic mass is 10.0. The molecule has 0 radical (unpaired) electrons. The monoisotopic (exact) mass is 449 g/mol. The summed E-state index contributed by atoms with van der Waals surface area (Å²) in [5.74, 6) is 0.721. The van der Waals surface area contributed by atoms with E-state index in [2.05, 4.69) is 11.8 Å². The fraction of sp³-hybridized carbons (Fsp3) is 0.346. The number of hydrogen-bond donors (Lipinski definition) is 0. The molecule has 0 fully saturated rings. The Morgan fingerprint density at radius 2 is 1.58 bits per heavy atom. The Labute approximate surface area is 193 Å². The molecule has 0 N–H and O–H groups in total. The predicted octanol–water partition coefficient (Wildman–Crippen LogP) is 2.65. The Hall–Kier alpha value is -3.45. The Morgan fingerprint density at radius 1 is 0.909 bits per heavy atom. The van der Waals surface area contributed by atoms with E-state index >= 15 is 0 Å². The molecule has 3 rings (SSSR count). The number of aromatic nitrogens is 2. The maximum atomic E-state index is 12.5. The van der Waals surface area contributed by atoms with Crippen LogP contribution in [0.3, 0.4) is 0 Å². The molecule has 0 amide bonds. The highest BCUT2D eigenvalue weighted by atomic mass is 16.5. The van der Waals surface area contributed by atoms with Gasteiger partial charge < -0.3 is 14.2 Å². The average molecular weight is 450 g/mol. The second-order valence-corrected chi connectivity index (χ2v) is 7.98. The van der Waals surface area contributed by atoms with Crippen LogP contribution in [0.5, 0.6) is 5.75 Å². The quantitative estimate of drug-likeness (QED) is 0.421. The van der Waals surface area contributed by atoms with Crippen LogP contribution in [-0.2, 0) is 20.5 Å². The van der Waals surface area contributed by atoms with Gasteiger partial charge in [-0.25, -0.2) is 4.79 Å². The van der Waals surface area contributed by atoms with E-state index in [1.807, 2.05) is 42.5 Å². The Bertz CT molecular complexity index is 1180. The molecule has 174 valence electrons. The van der Waals surface area contributed by atoms with Gasteiger partial charge in [-0.2, -0.15) is 0 Å². The molecule has 0 aliphatic carbocycles. The maximum absolute atomic E-state index is 12.5. The zero-order chi connectivity index (χ0) is 23.8. The van der Waals surface area contributed by atoms with Gasteiger partial charge in [0, 0.05) is 43.5 Å². The number of rotatable bonds is 11. The third kappa shape index (κ3) is 6.29. The van der Waals surface area contributed by atoms with Crippen molar-refractivity contribution >= 4 is 5.78 Å². The number of ether oxygens (including phenoxy) is 1. The summed E-state index contributed by atoms with van der Waals surface area (Å²) in [4.78, 5) is 38.7. The standard InChI is InChI=1S/C26H31N3O4/c1-4-29(16-8-11-22-19-24(30)28(3)26(32)27(22)2)17-18-33-23-14-12-21(13-15-23)25(31)20-9-6-5-7-10-20/h5-7,9-10,12-15,19H,4,8,11,16-18H2,1-3H3. The topological polar surface area (TPSA) is 73.5 Å². The number of likely N-dealkylation sites (N-methyl/N-ethyl adjacent to an activating group) is 1. The molecule has 0 aliphatic heterocycles. The Kier molecular flexibility index (Phi) is 8.38. The highest BCUT2D eigenvalue weighted by molar-refractivity contribution is 6.08. The summed E-state index contributed by atoms with van der Waals surface area (Å²) in [6, 6.07) is 18.0. The minimum Gasteiger partial charge on any atom is -0.492 e. The van der Waals surface area contributed by atoms with Crippen molar-refractivity contribution in [3.63, 3.8) is 0 Å². The molecule has 7 nitrogen and oxygen atoms in total. The van der Waals surface area contributed by atoms with Crippen molar-refractivity contribution in [3.8, 4) is 5.75 Å². The molecule has 1 heterocycles. The van der Waals surface area contributed by atoms with E-state index in [1.54, 1.807) is 19.2 Å². The van der Waals surface area contributed by atoms with Crippen LogP contribution in [-0.4, -0.2) is 46.1 Å². The van der Waals surface area contributed by atoms with Crippen molar-refractivity contribution in [2.75, 3.05) is 26.2 Å². The summed E-state index contributed by atoms with van der Waals surface area (Å²) in [7, 11) is 3.18. The van der Waals surface area contributed by atoms with Gasteiger partial charge >= 0.3 is 5.69 Å². The average Bonchev–Trinajstić information content (AvgIpc) is 2.85. The van der Waals surface area contributed by atoms with Crippen molar-refractivity contribution in [2.24, 2.45) is 14.1 Å². The summed E-state index contributed by atoms with van der Waals surface area (Å²) in [5, 5.41) is 0. The molecular formula is C26H31N3O4. The fourth-order valence-electron chi connectivity index (χ4n) is 3.68. The number of carbonyl (C=O) groups is 1. The zero-order valence-corrected chi connectivity index (χ0v) is 19.5. The second kappa shape index (κ2) is 11.4. The summed E-state index contributed by atoms with van der Waals surface area (Å²) >= 11 is 0. The first-order valence-electron chi connectivity index (χ1n) is 11.2. The molecule has 0 spiro atoms. The molecule has 33 heavy (non-hydrogen) atoms. The molecular weight excluding hydrogens is 418 g/mol. The van der Waals surface area contributed by atoms with Gasteiger partial charge in [-0.3, -0.25) is 14.2 Å². The molecule has 0 unspecified atom stereocenters. The van der Waals surface area contributed by atoms with Crippen molar-refractivity contribution in [1.82, 2.24) is 14.0 Å². The van der Waals surface area contributed by atoms with Gasteiger partial charge in [-0.1, -0.05) is 37.3 Å². The molecule has 7 heteroatoms. The number of aryl methyl sites for hydroxylation is 1. The van der Waals surface area contributed by atoms with Gasteiger partial charge in [0.15, 0.2) is 5.78 Å². The molecule has 0 aliphatic rings. The highest BCUT2D eigenvalue weighted by Gasteiger charge is 2.10. The number of carbonyl (C=O) groups excluding carboxylic acids is 1. The normalized spacial score (nSPS) is 11.0. The number of nitrogens with zero attached hydrogens (tertiary/aromatic N) is 3. The van der Waals surface area contributed by atoms with Crippen LogP contribution in [0.25, 0.3) is 0 Å².